The highest BCUT2D eigenvalue weighted by Gasteiger charge is 2.27. The van der Waals surface area contributed by atoms with E-state index >= 15 is 0 Å². The maximum absolute atomic E-state index is 12.3. The molecule has 2 rings (SSSR count). The van der Waals surface area contributed by atoms with E-state index in [4.69, 9.17) is 0 Å². The number of alkyl halides is 1. The zero-order chi connectivity index (χ0) is 13.1. The Kier molecular flexibility index (Phi) is 4.27. The number of carbonyl (C=O) groups is 1. The van der Waals surface area contributed by atoms with Crippen molar-refractivity contribution >= 4 is 21.8 Å². The predicted molar refractivity (Wildman–Crippen MR) is 75.3 cm³/mol. The summed E-state index contributed by atoms with van der Waals surface area (Å²) in [5, 5.41) is 10.8. The number of aromatic hydroxyl groups is 1. The van der Waals surface area contributed by atoms with Gasteiger partial charge in [0.1, 0.15) is 5.75 Å². The Bertz CT molecular complexity index is 447. The van der Waals surface area contributed by atoms with Crippen LogP contribution in [0.5, 0.6) is 5.75 Å². The SMILES string of the molecule is Cc1ccc(C(=O)N2CCC(CCBr)C2)c(O)c1. The molecule has 0 spiro atoms. The molecule has 0 radical (unpaired) electrons. The molecule has 4 heteroatoms. The molecule has 1 saturated heterocycles. The van der Waals surface area contributed by atoms with Crippen molar-refractivity contribution in [3.05, 3.63) is 29.3 Å². The second kappa shape index (κ2) is 5.74. The van der Waals surface area contributed by atoms with Crippen LogP contribution in [0.4, 0.5) is 0 Å². The van der Waals surface area contributed by atoms with Crippen LogP contribution in [0.3, 0.4) is 0 Å². The topological polar surface area (TPSA) is 40.5 Å². The summed E-state index contributed by atoms with van der Waals surface area (Å²) in [6.45, 7) is 3.50. The standard InChI is InChI=1S/C14H18BrNO2/c1-10-2-3-12(13(17)8-10)14(18)16-7-5-11(9-16)4-6-15/h2-3,8,11,17H,4-7,9H2,1H3. The zero-order valence-electron chi connectivity index (χ0n) is 10.5. The Morgan fingerprint density at radius 1 is 1.56 bits per heavy atom. The third kappa shape index (κ3) is 2.86. The Morgan fingerprint density at radius 3 is 3.00 bits per heavy atom. The largest absolute Gasteiger partial charge is 0.507 e. The molecule has 0 bridgehead atoms. The van der Waals surface area contributed by atoms with Crippen LogP contribution in [-0.4, -0.2) is 34.3 Å². The van der Waals surface area contributed by atoms with E-state index in [0.717, 1.165) is 36.8 Å². The Balaban J connectivity index is 2.08. The third-order valence-electron chi connectivity index (χ3n) is 3.47. The van der Waals surface area contributed by atoms with Crippen LogP contribution in [-0.2, 0) is 0 Å². The Labute approximate surface area is 116 Å². The molecule has 0 saturated carbocycles. The number of hydrogen-bond acceptors (Lipinski definition) is 2. The molecule has 0 aliphatic carbocycles. The van der Waals surface area contributed by atoms with Gasteiger partial charge in [-0.2, -0.15) is 0 Å². The number of likely N-dealkylation sites (tertiary alicyclic amines) is 1. The molecular weight excluding hydrogens is 294 g/mol. The lowest BCUT2D eigenvalue weighted by molar-refractivity contribution is 0.0784. The molecule has 1 N–H and O–H groups in total. The maximum atomic E-state index is 12.3. The van der Waals surface area contributed by atoms with Gasteiger partial charge in [0, 0.05) is 18.4 Å². The number of phenols is 1. The van der Waals surface area contributed by atoms with Crippen molar-refractivity contribution in [2.45, 2.75) is 19.8 Å². The van der Waals surface area contributed by atoms with E-state index < -0.39 is 0 Å². The number of halogens is 1. The number of rotatable bonds is 3. The normalized spacial score (nSPS) is 19.2. The van der Waals surface area contributed by atoms with Crippen molar-refractivity contribution < 1.29 is 9.90 Å². The van der Waals surface area contributed by atoms with Crippen LogP contribution in [0.2, 0.25) is 0 Å². The summed E-state index contributed by atoms with van der Waals surface area (Å²) in [7, 11) is 0. The van der Waals surface area contributed by atoms with E-state index in [2.05, 4.69) is 15.9 Å². The fourth-order valence-electron chi connectivity index (χ4n) is 2.40. The highest BCUT2D eigenvalue weighted by atomic mass is 79.9. The van der Waals surface area contributed by atoms with Gasteiger partial charge in [-0.3, -0.25) is 4.79 Å². The molecule has 1 aliphatic rings. The second-order valence-corrected chi connectivity index (χ2v) is 5.70. The molecule has 1 heterocycles. The summed E-state index contributed by atoms with van der Waals surface area (Å²) in [6.07, 6.45) is 2.16. The zero-order valence-corrected chi connectivity index (χ0v) is 12.1. The van der Waals surface area contributed by atoms with Gasteiger partial charge in [-0.1, -0.05) is 22.0 Å². The molecule has 1 unspecified atom stereocenters. The summed E-state index contributed by atoms with van der Waals surface area (Å²) in [5.74, 6) is 0.620. The summed E-state index contributed by atoms with van der Waals surface area (Å²) in [5.41, 5.74) is 1.38. The highest BCUT2D eigenvalue weighted by molar-refractivity contribution is 9.09. The molecule has 1 aliphatic heterocycles. The molecule has 18 heavy (non-hydrogen) atoms. The molecule has 3 nitrogen and oxygen atoms in total. The molecule has 1 atom stereocenters. The number of aryl methyl sites for hydroxylation is 1. The van der Waals surface area contributed by atoms with Crippen LogP contribution in [0.15, 0.2) is 18.2 Å². The average molecular weight is 312 g/mol. The minimum atomic E-state index is -0.0513. The fraction of sp³-hybridized carbons (Fsp3) is 0.500. The van der Waals surface area contributed by atoms with Gasteiger partial charge in [0.25, 0.3) is 5.91 Å². The van der Waals surface area contributed by atoms with E-state index in [-0.39, 0.29) is 11.7 Å². The maximum Gasteiger partial charge on any atom is 0.257 e. The molecular formula is C14H18BrNO2. The quantitative estimate of drug-likeness (QED) is 0.872. The minimum absolute atomic E-state index is 0.0513. The molecule has 1 aromatic rings. The first kappa shape index (κ1) is 13.4. The van der Waals surface area contributed by atoms with Crippen molar-refractivity contribution in [2.75, 3.05) is 18.4 Å². The number of phenolic OH excluding ortho intramolecular Hbond substituents is 1. The lowest BCUT2D eigenvalue weighted by Gasteiger charge is -2.17. The van der Waals surface area contributed by atoms with E-state index in [0.29, 0.717) is 11.5 Å². The van der Waals surface area contributed by atoms with Crippen LogP contribution in [0.25, 0.3) is 0 Å². The van der Waals surface area contributed by atoms with Crippen molar-refractivity contribution in [3.63, 3.8) is 0 Å². The first-order valence-corrected chi connectivity index (χ1v) is 7.39. The first-order valence-electron chi connectivity index (χ1n) is 6.26. The van der Waals surface area contributed by atoms with Crippen molar-refractivity contribution in [2.24, 2.45) is 5.92 Å². The van der Waals surface area contributed by atoms with Gasteiger partial charge in [-0.25, -0.2) is 0 Å². The number of amides is 1. The number of benzene rings is 1. The minimum Gasteiger partial charge on any atom is -0.507 e. The van der Waals surface area contributed by atoms with E-state index in [1.165, 1.54) is 0 Å². The lowest BCUT2D eigenvalue weighted by atomic mass is 10.1. The number of hydrogen-bond donors (Lipinski definition) is 1. The van der Waals surface area contributed by atoms with Crippen molar-refractivity contribution in [1.82, 2.24) is 4.90 Å². The van der Waals surface area contributed by atoms with Crippen LogP contribution >= 0.6 is 15.9 Å². The third-order valence-corrected chi connectivity index (χ3v) is 3.93. The number of carbonyl (C=O) groups excluding carboxylic acids is 1. The van der Waals surface area contributed by atoms with Gasteiger partial charge in [0.05, 0.1) is 5.56 Å². The summed E-state index contributed by atoms with van der Waals surface area (Å²) < 4.78 is 0. The molecule has 1 amide bonds. The molecule has 98 valence electrons. The Hall–Kier alpha value is -1.03. The molecule has 1 aromatic carbocycles. The van der Waals surface area contributed by atoms with Crippen molar-refractivity contribution in [3.8, 4) is 5.75 Å². The fourth-order valence-corrected chi connectivity index (χ4v) is 3.05. The average Bonchev–Trinajstić information content (AvgIpc) is 2.77. The van der Waals surface area contributed by atoms with Gasteiger partial charge in [-0.15, -0.1) is 0 Å². The Morgan fingerprint density at radius 2 is 2.33 bits per heavy atom. The van der Waals surface area contributed by atoms with Crippen molar-refractivity contribution in [1.29, 1.82) is 0 Å². The van der Waals surface area contributed by atoms with Gasteiger partial charge in [0.15, 0.2) is 0 Å². The predicted octanol–water partition coefficient (Wildman–Crippen LogP) is 2.95. The number of nitrogens with zero attached hydrogens (tertiary/aromatic N) is 1. The molecule has 0 aromatic heterocycles. The van der Waals surface area contributed by atoms with Crippen LogP contribution < -0.4 is 0 Å². The van der Waals surface area contributed by atoms with Gasteiger partial charge in [-0.05, 0) is 43.4 Å². The molecule has 1 fully saturated rings. The van der Waals surface area contributed by atoms with Crippen LogP contribution in [0, 0.1) is 12.8 Å². The lowest BCUT2D eigenvalue weighted by Crippen LogP contribution is -2.28. The van der Waals surface area contributed by atoms with Gasteiger partial charge in [0.2, 0.25) is 0 Å². The van der Waals surface area contributed by atoms with Crippen LogP contribution in [0.1, 0.15) is 28.8 Å². The van der Waals surface area contributed by atoms with Gasteiger partial charge >= 0.3 is 0 Å². The first-order chi connectivity index (χ1) is 8.61. The van der Waals surface area contributed by atoms with E-state index in [1.54, 1.807) is 12.1 Å². The second-order valence-electron chi connectivity index (χ2n) is 4.90. The van der Waals surface area contributed by atoms with E-state index in [1.807, 2.05) is 17.9 Å². The summed E-state index contributed by atoms with van der Waals surface area (Å²) in [4.78, 5) is 14.1. The summed E-state index contributed by atoms with van der Waals surface area (Å²) >= 11 is 3.44. The summed E-state index contributed by atoms with van der Waals surface area (Å²) in [6, 6.07) is 5.21. The van der Waals surface area contributed by atoms with Gasteiger partial charge < -0.3 is 10.0 Å². The van der Waals surface area contributed by atoms with E-state index in [9.17, 15) is 9.90 Å². The highest BCUT2D eigenvalue weighted by Crippen LogP contribution is 2.25. The smallest absolute Gasteiger partial charge is 0.257 e. The monoisotopic (exact) mass is 311 g/mol.